The van der Waals surface area contributed by atoms with E-state index in [0.717, 1.165) is 5.69 Å². The van der Waals surface area contributed by atoms with Crippen LogP contribution in [0.25, 0.3) is 11.0 Å². The predicted octanol–water partition coefficient (Wildman–Crippen LogP) is 1.04. The van der Waals surface area contributed by atoms with E-state index in [1.165, 1.54) is 0 Å². The average molecular weight is 219 g/mol. The summed E-state index contributed by atoms with van der Waals surface area (Å²) in [4.78, 5) is 27.5. The molecule has 16 heavy (non-hydrogen) atoms. The van der Waals surface area contributed by atoms with Crippen molar-refractivity contribution in [3.63, 3.8) is 0 Å². The van der Waals surface area contributed by atoms with Crippen molar-refractivity contribution >= 4 is 16.7 Å². The highest BCUT2D eigenvalue weighted by atomic mass is 16.2. The van der Waals surface area contributed by atoms with E-state index < -0.39 is 11.1 Å². The van der Waals surface area contributed by atoms with E-state index in [1.807, 2.05) is 26.0 Å². The van der Waals surface area contributed by atoms with Crippen LogP contribution in [-0.2, 0) is 0 Å². The molecule has 0 radical (unpaired) electrons. The molecule has 0 aliphatic heterocycles. The number of nitrogens with one attached hydrogen (secondary N) is 3. The van der Waals surface area contributed by atoms with Crippen molar-refractivity contribution in [1.82, 2.24) is 9.97 Å². The smallest absolute Gasteiger partial charge is 0.314 e. The molecule has 3 N–H and O–H groups in total. The summed E-state index contributed by atoms with van der Waals surface area (Å²) in [6.45, 7) is 4.01. The van der Waals surface area contributed by atoms with Crippen LogP contribution in [0.5, 0.6) is 0 Å². The number of fused-ring (bicyclic) bond motifs is 1. The van der Waals surface area contributed by atoms with Crippen molar-refractivity contribution in [1.29, 1.82) is 0 Å². The van der Waals surface area contributed by atoms with E-state index >= 15 is 0 Å². The monoisotopic (exact) mass is 219 g/mol. The lowest BCUT2D eigenvalue weighted by atomic mass is 10.2. The molecule has 0 atom stereocenters. The molecule has 2 rings (SSSR count). The first-order valence-corrected chi connectivity index (χ1v) is 5.10. The van der Waals surface area contributed by atoms with E-state index in [0.29, 0.717) is 11.0 Å². The van der Waals surface area contributed by atoms with Gasteiger partial charge >= 0.3 is 11.1 Å². The van der Waals surface area contributed by atoms with Crippen LogP contribution in [0.3, 0.4) is 0 Å². The van der Waals surface area contributed by atoms with Crippen molar-refractivity contribution in [2.75, 3.05) is 5.32 Å². The van der Waals surface area contributed by atoms with Crippen molar-refractivity contribution in [2.45, 2.75) is 19.9 Å². The van der Waals surface area contributed by atoms with Crippen LogP contribution >= 0.6 is 0 Å². The fraction of sp³-hybridized carbons (Fsp3) is 0.273. The third kappa shape index (κ3) is 1.84. The molecule has 0 unspecified atom stereocenters. The zero-order valence-corrected chi connectivity index (χ0v) is 9.13. The Balaban J connectivity index is 2.72. The Hall–Kier alpha value is -2.04. The summed E-state index contributed by atoms with van der Waals surface area (Å²) < 4.78 is 0. The number of hydrogen-bond acceptors (Lipinski definition) is 3. The van der Waals surface area contributed by atoms with Gasteiger partial charge in [0.05, 0.1) is 16.7 Å². The molecule has 5 heteroatoms. The summed E-state index contributed by atoms with van der Waals surface area (Å²) in [5.41, 5.74) is 0.789. The van der Waals surface area contributed by atoms with Gasteiger partial charge in [-0.05, 0) is 26.0 Å². The molecule has 84 valence electrons. The number of aromatic amines is 2. The normalized spacial score (nSPS) is 10.9. The number of H-pyrrole nitrogens is 2. The van der Waals surface area contributed by atoms with Gasteiger partial charge in [-0.2, -0.15) is 0 Å². The van der Waals surface area contributed by atoms with Crippen LogP contribution in [0.15, 0.2) is 27.8 Å². The average Bonchev–Trinajstić information content (AvgIpc) is 2.20. The molecule has 5 nitrogen and oxygen atoms in total. The second-order valence-corrected chi connectivity index (χ2v) is 3.94. The van der Waals surface area contributed by atoms with Crippen LogP contribution < -0.4 is 16.4 Å². The summed E-state index contributed by atoms with van der Waals surface area (Å²) in [6.07, 6.45) is 0. The minimum atomic E-state index is -0.634. The third-order valence-electron chi connectivity index (χ3n) is 2.20. The fourth-order valence-electron chi connectivity index (χ4n) is 1.57. The lowest BCUT2D eigenvalue weighted by molar-refractivity contribution is 0.900. The first-order valence-electron chi connectivity index (χ1n) is 5.10. The molecule has 0 amide bonds. The number of para-hydroxylation sites is 1. The fourth-order valence-corrected chi connectivity index (χ4v) is 1.57. The SMILES string of the molecule is CC(C)Nc1cccc2[nH]c(=O)c(=O)[nH]c12. The van der Waals surface area contributed by atoms with Crippen LogP contribution in [0.1, 0.15) is 13.8 Å². The van der Waals surface area contributed by atoms with Gasteiger partial charge in [0.25, 0.3) is 0 Å². The molecule has 0 spiro atoms. The lowest BCUT2D eigenvalue weighted by Gasteiger charge is -2.11. The number of anilines is 1. The van der Waals surface area contributed by atoms with Gasteiger partial charge in [-0.1, -0.05) is 6.07 Å². The van der Waals surface area contributed by atoms with Gasteiger partial charge in [-0.25, -0.2) is 0 Å². The van der Waals surface area contributed by atoms with Gasteiger partial charge in [0.15, 0.2) is 0 Å². The molecular formula is C11H13N3O2. The van der Waals surface area contributed by atoms with E-state index in [4.69, 9.17) is 0 Å². The van der Waals surface area contributed by atoms with Crippen LogP contribution in [0.2, 0.25) is 0 Å². The Labute approximate surface area is 91.5 Å². The molecule has 1 aromatic carbocycles. The maximum absolute atomic E-state index is 11.2. The molecule has 0 aliphatic rings. The zero-order valence-electron chi connectivity index (χ0n) is 9.13. The predicted molar refractivity (Wildman–Crippen MR) is 63.9 cm³/mol. The lowest BCUT2D eigenvalue weighted by Crippen LogP contribution is -2.29. The Kier molecular flexibility index (Phi) is 2.52. The minimum Gasteiger partial charge on any atom is -0.381 e. The second kappa shape index (κ2) is 3.84. The van der Waals surface area contributed by atoms with Crippen LogP contribution in [0.4, 0.5) is 5.69 Å². The highest BCUT2D eigenvalue weighted by molar-refractivity contribution is 5.87. The van der Waals surface area contributed by atoms with E-state index in [9.17, 15) is 9.59 Å². The molecule has 0 aliphatic carbocycles. The van der Waals surface area contributed by atoms with Crippen molar-refractivity contribution in [3.05, 3.63) is 38.9 Å². The molecular weight excluding hydrogens is 206 g/mol. The summed E-state index contributed by atoms with van der Waals surface area (Å²) in [5.74, 6) is 0. The first kappa shape index (κ1) is 10.5. The largest absolute Gasteiger partial charge is 0.381 e. The number of rotatable bonds is 2. The van der Waals surface area contributed by atoms with Crippen LogP contribution in [-0.4, -0.2) is 16.0 Å². The second-order valence-electron chi connectivity index (χ2n) is 3.94. The van der Waals surface area contributed by atoms with Crippen molar-refractivity contribution in [2.24, 2.45) is 0 Å². The van der Waals surface area contributed by atoms with Gasteiger partial charge in [-0.15, -0.1) is 0 Å². The Morgan fingerprint density at radius 3 is 2.50 bits per heavy atom. The van der Waals surface area contributed by atoms with E-state index in [2.05, 4.69) is 15.3 Å². The standard InChI is InChI=1S/C11H13N3O2/c1-6(2)12-7-4-3-5-8-9(7)14-11(16)10(15)13-8/h3-6,12H,1-2H3,(H,13,15)(H,14,16). The first-order chi connectivity index (χ1) is 7.58. The van der Waals surface area contributed by atoms with Crippen LogP contribution in [0, 0.1) is 0 Å². The molecule has 1 aromatic heterocycles. The zero-order chi connectivity index (χ0) is 11.7. The number of benzene rings is 1. The molecule has 0 bridgehead atoms. The maximum Gasteiger partial charge on any atom is 0.314 e. The number of hydrogen-bond donors (Lipinski definition) is 3. The van der Waals surface area contributed by atoms with Crippen molar-refractivity contribution < 1.29 is 0 Å². The summed E-state index contributed by atoms with van der Waals surface area (Å²) in [5, 5.41) is 3.20. The van der Waals surface area contributed by atoms with Crippen molar-refractivity contribution in [3.8, 4) is 0 Å². The van der Waals surface area contributed by atoms with E-state index in [-0.39, 0.29) is 6.04 Å². The van der Waals surface area contributed by atoms with E-state index in [1.54, 1.807) is 6.07 Å². The highest BCUT2D eigenvalue weighted by Crippen LogP contribution is 2.18. The summed E-state index contributed by atoms with van der Waals surface area (Å²) in [7, 11) is 0. The maximum atomic E-state index is 11.2. The van der Waals surface area contributed by atoms with Gasteiger partial charge < -0.3 is 15.3 Å². The Bertz CT molecular complexity index is 625. The Morgan fingerprint density at radius 2 is 1.81 bits per heavy atom. The summed E-state index contributed by atoms with van der Waals surface area (Å²) >= 11 is 0. The molecule has 0 fully saturated rings. The summed E-state index contributed by atoms with van der Waals surface area (Å²) in [6, 6.07) is 5.68. The molecule has 0 saturated heterocycles. The topological polar surface area (TPSA) is 77.8 Å². The number of aromatic nitrogens is 2. The Morgan fingerprint density at radius 1 is 1.12 bits per heavy atom. The van der Waals surface area contributed by atoms with Gasteiger partial charge in [0.2, 0.25) is 0 Å². The quantitative estimate of drug-likeness (QED) is 0.660. The van der Waals surface area contributed by atoms with Gasteiger partial charge in [-0.3, -0.25) is 9.59 Å². The van der Waals surface area contributed by atoms with Gasteiger partial charge in [0.1, 0.15) is 0 Å². The third-order valence-corrected chi connectivity index (χ3v) is 2.20. The molecule has 0 saturated carbocycles. The minimum absolute atomic E-state index is 0.251. The molecule has 1 heterocycles. The van der Waals surface area contributed by atoms with Gasteiger partial charge in [0, 0.05) is 6.04 Å². The highest BCUT2D eigenvalue weighted by Gasteiger charge is 2.04. The molecule has 2 aromatic rings.